The average molecular weight is 298 g/mol. The van der Waals surface area contributed by atoms with Crippen LogP contribution in [-0.2, 0) is 3.84 Å². The van der Waals surface area contributed by atoms with Crippen molar-refractivity contribution in [2.45, 2.75) is 0 Å². The van der Waals surface area contributed by atoms with Gasteiger partial charge in [-0.05, 0) is 18.2 Å². The van der Waals surface area contributed by atoms with Gasteiger partial charge in [0.15, 0.2) is 0 Å². The van der Waals surface area contributed by atoms with Crippen LogP contribution in [0.5, 0.6) is 0 Å². The molecule has 0 saturated heterocycles. The number of halogens is 2. The molecule has 0 aliphatic rings. The molecule has 2 aromatic rings. The van der Waals surface area contributed by atoms with Crippen molar-refractivity contribution in [2.75, 3.05) is 0 Å². The summed E-state index contributed by atoms with van der Waals surface area (Å²) in [7, 11) is 0. The first kappa shape index (κ1) is 13.6. The molecule has 0 fully saturated rings. The van der Waals surface area contributed by atoms with E-state index < -0.39 is 0 Å². The van der Waals surface area contributed by atoms with Crippen molar-refractivity contribution in [1.29, 1.82) is 0 Å². The van der Waals surface area contributed by atoms with Gasteiger partial charge in [0, 0.05) is 24.0 Å². The first-order chi connectivity index (χ1) is 6.38. The molecule has 0 bridgehead atoms. The minimum atomic E-state index is 0. The van der Waals surface area contributed by atoms with Crippen molar-refractivity contribution in [2.24, 2.45) is 0 Å². The summed E-state index contributed by atoms with van der Waals surface area (Å²) < 4.78 is 3.19. The van der Waals surface area contributed by atoms with Gasteiger partial charge in [-0.1, -0.05) is 0 Å². The van der Waals surface area contributed by atoms with Crippen molar-refractivity contribution in [3.63, 3.8) is 0 Å². The van der Waals surface area contributed by atoms with E-state index in [1.807, 2.05) is 24.4 Å². The third-order valence-electron chi connectivity index (χ3n) is 1.40. The molecular formula is C8H8Cl2N2OSe. The molecule has 2 rings (SSSR count). The van der Waals surface area contributed by atoms with E-state index in [0.29, 0.717) is 0 Å². The van der Waals surface area contributed by atoms with E-state index in [4.69, 9.17) is 0 Å². The molecule has 76 valence electrons. The molecule has 0 spiro atoms. The first-order valence-electron chi connectivity index (χ1n) is 3.42. The molecule has 2 aromatic heterocycles. The Morgan fingerprint density at radius 1 is 1.14 bits per heavy atom. The third-order valence-corrected chi connectivity index (χ3v) is 1.40. The van der Waals surface area contributed by atoms with Crippen molar-refractivity contribution < 1.29 is 3.84 Å². The summed E-state index contributed by atoms with van der Waals surface area (Å²) in [6.45, 7) is 0. The zero-order valence-electron chi connectivity index (χ0n) is 7.02. The van der Waals surface area contributed by atoms with Crippen molar-refractivity contribution in [1.82, 2.24) is 9.97 Å². The van der Waals surface area contributed by atoms with Crippen LogP contribution in [0.15, 0.2) is 36.8 Å². The molecule has 0 unspecified atom stereocenters. The maximum Gasteiger partial charge on any atom is 0.0732 e. The molecule has 2 heterocycles. The largest absolute Gasteiger partial charge is 0.264 e. The van der Waals surface area contributed by atoms with Crippen molar-refractivity contribution >= 4 is 51.7 Å². The van der Waals surface area contributed by atoms with Crippen LogP contribution in [0.1, 0.15) is 0 Å². The van der Waals surface area contributed by atoms with Gasteiger partial charge >= 0.3 is 17.1 Å². The number of hydrogen-bond donors (Lipinski definition) is 0. The second kappa shape index (κ2) is 7.97. The number of aromatic nitrogens is 2. The third kappa shape index (κ3) is 4.22. The number of pyridine rings is 2. The summed E-state index contributed by atoms with van der Waals surface area (Å²) in [6, 6.07) is 5.80. The zero-order valence-corrected chi connectivity index (χ0v) is 10.6. The minimum Gasteiger partial charge on any atom is -0.264 e. The van der Waals surface area contributed by atoms with Gasteiger partial charge in [-0.3, -0.25) is 9.97 Å². The quantitative estimate of drug-likeness (QED) is 0.698. The van der Waals surface area contributed by atoms with Crippen LogP contribution in [-0.4, -0.2) is 27.0 Å². The van der Waals surface area contributed by atoms with Gasteiger partial charge in [-0.25, -0.2) is 0 Å². The number of fused-ring (bicyclic) bond motifs is 1. The summed E-state index contributed by atoms with van der Waals surface area (Å²) in [6.07, 6.45) is 5.33. The summed E-state index contributed by atoms with van der Waals surface area (Å²) in [5, 5.41) is 1.09. The van der Waals surface area contributed by atoms with Crippen LogP contribution >= 0.6 is 23.7 Å². The molecule has 0 N–H and O–H groups in total. The Morgan fingerprint density at radius 2 is 1.86 bits per heavy atom. The molecule has 3 nitrogen and oxygen atoms in total. The van der Waals surface area contributed by atoms with Crippen LogP contribution in [0.3, 0.4) is 0 Å². The molecular weight excluding hydrogens is 290 g/mol. The molecule has 0 radical (unpaired) electrons. The smallest absolute Gasteiger partial charge is 0.0732 e. The predicted octanol–water partition coefficient (Wildman–Crippen LogP) is 2.02. The van der Waals surface area contributed by atoms with Gasteiger partial charge in [0.25, 0.3) is 0 Å². The first-order valence-corrected chi connectivity index (χ1v) is 4.04. The van der Waals surface area contributed by atoms with E-state index in [9.17, 15) is 0 Å². The molecule has 0 atom stereocenters. The van der Waals surface area contributed by atoms with E-state index in [0.717, 1.165) is 10.9 Å². The standard InChI is InChI=1S/C8H6N2.Cl2O.H2Se/c1-2-7-6-9-5-3-8(7)10-4-1;1-3-2;/h1-6H;;1H2. The van der Waals surface area contributed by atoms with Gasteiger partial charge in [0.05, 0.1) is 29.2 Å². The molecule has 0 saturated carbocycles. The van der Waals surface area contributed by atoms with E-state index in [-0.39, 0.29) is 17.1 Å². The second-order valence-electron chi connectivity index (χ2n) is 2.13. The van der Waals surface area contributed by atoms with Crippen LogP contribution in [0.2, 0.25) is 0 Å². The summed E-state index contributed by atoms with van der Waals surface area (Å²) in [5.41, 5.74) is 0.998. The summed E-state index contributed by atoms with van der Waals surface area (Å²) in [5.74, 6) is 0. The topological polar surface area (TPSA) is 35.0 Å². The van der Waals surface area contributed by atoms with Gasteiger partial charge in [0.1, 0.15) is 0 Å². The van der Waals surface area contributed by atoms with Crippen molar-refractivity contribution in [3.8, 4) is 0 Å². The van der Waals surface area contributed by atoms with E-state index in [1.54, 1.807) is 12.4 Å². The maximum absolute atomic E-state index is 4.26. The fraction of sp³-hybridized carbons (Fsp3) is 0. The number of nitrogens with zero attached hydrogens (tertiary/aromatic N) is 2. The zero-order chi connectivity index (χ0) is 9.52. The van der Waals surface area contributed by atoms with Gasteiger partial charge < -0.3 is 0 Å². The predicted molar refractivity (Wildman–Crippen MR) is 60.9 cm³/mol. The maximum atomic E-state index is 4.26. The molecule has 0 amide bonds. The van der Waals surface area contributed by atoms with Gasteiger partial charge in [-0.2, -0.15) is 3.84 Å². The van der Waals surface area contributed by atoms with E-state index in [2.05, 4.69) is 37.5 Å². The number of hydrogen-bond acceptors (Lipinski definition) is 3. The molecule has 6 heteroatoms. The second-order valence-corrected chi connectivity index (χ2v) is 2.60. The molecule has 0 aromatic carbocycles. The summed E-state index contributed by atoms with van der Waals surface area (Å²) in [4.78, 5) is 8.11. The van der Waals surface area contributed by atoms with E-state index >= 15 is 0 Å². The SMILES string of the molecule is ClOCl.[SeH2].c1cnc2ccncc2c1. The van der Waals surface area contributed by atoms with E-state index in [1.165, 1.54) is 0 Å². The average Bonchev–Trinajstić information content (AvgIpc) is 2.19. The van der Waals surface area contributed by atoms with Crippen LogP contribution in [0.4, 0.5) is 0 Å². The molecule has 0 aliphatic heterocycles. The monoisotopic (exact) mass is 298 g/mol. The Morgan fingerprint density at radius 3 is 2.50 bits per heavy atom. The van der Waals surface area contributed by atoms with Crippen LogP contribution < -0.4 is 0 Å². The normalized spacial score (nSPS) is 8.43. The Kier molecular flexibility index (Phi) is 7.76. The minimum absolute atomic E-state index is 0. The number of rotatable bonds is 0. The Labute approximate surface area is 102 Å². The fourth-order valence-electron chi connectivity index (χ4n) is 0.915. The summed E-state index contributed by atoms with van der Waals surface area (Å²) >= 11 is 8.53. The van der Waals surface area contributed by atoms with Gasteiger partial charge in [0.2, 0.25) is 0 Å². The molecule has 0 aliphatic carbocycles. The Hall–Kier alpha value is -0.381. The van der Waals surface area contributed by atoms with Crippen LogP contribution in [0.25, 0.3) is 10.9 Å². The Balaban J connectivity index is 0.000000381. The van der Waals surface area contributed by atoms with Gasteiger partial charge in [-0.15, -0.1) is 0 Å². The fourth-order valence-corrected chi connectivity index (χ4v) is 0.915. The molecule has 14 heavy (non-hydrogen) atoms. The Bertz CT molecular complexity index is 310. The van der Waals surface area contributed by atoms with Crippen molar-refractivity contribution in [3.05, 3.63) is 36.8 Å². The van der Waals surface area contributed by atoms with Crippen LogP contribution in [0, 0.1) is 0 Å².